The van der Waals surface area contributed by atoms with Gasteiger partial charge in [0.15, 0.2) is 0 Å². The van der Waals surface area contributed by atoms with E-state index in [1.54, 1.807) is 0 Å². The number of rotatable bonds is 25. The molecule has 2 nitrogen and oxygen atoms in total. The van der Waals surface area contributed by atoms with Crippen molar-refractivity contribution in [2.45, 2.75) is 168 Å². The Balaban J connectivity index is 3.44. The number of unbranched alkanes of at least 4 members (excludes halogenated alkanes) is 18. The van der Waals surface area contributed by atoms with Crippen molar-refractivity contribution in [2.24, 2.45) is 11.8 Å². The van der Waals surface area contributed by atoms with E-state index in [9.17, 15) is 9.90 Å². The van der Waals surface area contributed by atoms with Gasteiger partial charge in [-0.05, 0) is 18.8 Å². The molecule has 0 aromatic heterocycles. The third-order valence-corrected chi connectivity index (χ3v) is 6.84. The molecule has 0 rings (SSSR count). The average Bonchev–Trinajstić information content (AvgIpc) is 2.73. The van der Waals surface area contributed by atoms with Crippen molar-refractivity contribution in [1.29, 1.82) is 0 Å². The third kappa shape index (κ3) is 24.0. The molecule has 1 unspecified atom stereocenters. The maximum Gasteiger partial charge on any atom is 0.306 e. The molecule has 1 atom stereocenters. The molecule has 0 fully saturated rings. The Hall–Kier alpha value is -0.530. The highest BCUT2D eigenvalue weighted by atomic mass is 16.4. The van der Waals surface area contributed by atoms with Crippen molar-refractivity contribution in [1.82, 2.24) is 0 Å². The molecule has 0 aromatic carbocycles. The van der Waals surface area contributed by atoms with Crippen LogP contribution in [0.3, 0.4) is 0 Å². The first-order valence-corrected chi connectivity index (χ1v) is 14.3. The van der Waals surface area contributed by atoms with Crippen molar-refractivity contribution in [3.8, 4) is 0 Å². The van der Waals surface area contributed by atoms with Crippen LogP contribution < -0.4 is 0 Å². The number of carboxylic acids is 1. The van der Waals surface area contributed by atoms with Gasteiger partial charge < -0.3 is 5.11 Å². The molecule has 0 spiro atoms. The summed E-state index contributed by atoms with van der Waals surface area (Å²) < 4.78 is 0. The summed E-state index contributed by atoms with van der Waals surface area (Å²) in [5.41, 5.74) is 0. The van der Waals surface area contributed by atoms with Gasteiger partial charge in [0.1, 0.15) is 0 Å². The standard InChI is InChI=1S/C29H58O2/c1-4-5-6-7-8-9-10-11-12-16-19-22-25-28(29(30)31)26-23-20-17-14-13-15-18-21-24-27(2)3/h27-28H,4-26H2,1-3H3,(H,30,31). The van der Waals surface area contributed by atoms with E-state index in [2.05, 4.69) is 20.8 Å². The minimum atomic E-state index is -0.562. The first-order valence-electron chi connectivity index (χ1n) is 14.3. The number of aliphatic carboxylic acids is 1. The van der Waals surface area contributed by atoms with Gasteiger partial charge >= 0.3 is 5.97 Å². The summed E-state index contributed by atoms with van der Waals surface area (Å²) in [6, 6.07) is 0. The topological polar surface area (TPSA) is 37.3 Å². The minimum absolute atomic E-state index is 0.0980. The fourth-order valence-electron chi connectivity index (χ4n) is 4.63. The Labute approximate surface area is 196 Å². The van der Waals surface area contributed by atoms with Crippen LogP contribution in [0, 0.1) is 11.8 Å². The maximum atomic E-state index is 11.5. The molecular formula is C29H58O2. The quantitative estimate of drug-likeness (QED) is 0.144. The van der Waals surface area contributed by atoms with Gasteiger partial charge in [0.05, 0.1) is 5.92 Å². The minimum Gasteiger partial charge on any atom is -0.481 e. The predicted molar refractivity (Wildman–Crippen MR) is 138 cm³/mol. The lowest BCUT2D eigenvalue weighted by atomic mass is 9.94. The van der Waals surface area contributed by atoms with Crippen LogP contribution >= 0.6 is 0 Å². The molecule has 0 aliphatic carbocycles. The van der Waals surface area contributed by atoms with Crippen molar-refractivity contribution >= 4 is 5.97 Å². The fourth-order valence-corrected chi connectivity index (χ4v) is 4.63. The molecule has 0 heterocycles. The first-order chi connectivity index (χ1) is 15.1. The van der Waals surface area contributed by atoms with Crippen molar-refractivity contribution < 1.29 is 9.90 Å². The van der Waals surface area contributed by atoms with Crippen LogP contribution in [0.5, 0.6) is 0 Å². The molecule has 0 aliphatic heterocycles. The maximum absolute atomic E-state index is 11.5. The lowest BCUT2D eigenvalue weighted by molar-refractivity contribution is -0.142. The molecule has 0 aromatic rings. The van der Waals surface area contributed by atoms with E-state index in [-0.39, 0.29) is 5.92 Å². The van der Waals surface area contributed by atoms with E-state index in [0.717, 1.165) is 31.6 Å². The Morgan fingerprint density at radius 3 is 1.10 bits per heavy atom. The molecule has 2 heteroatoms. The van der Waals surface area contributed by atoms with Crippen LogP contribution in [0.4, 0.5) is 0 Å². The molecule has 0 aliphatic rings. The smallest absolute Gasteiger partial charge is 0.306 e. The van der Waals surface area contributed by atoms with Gasteiger partial charge in [-0.1, -0.05) is 156 Å². The normalized spacial score (nSPS) is 12.5. The number of hydrogen-bond donors (Lipinski definition) is 1. The van der Waals surface area contributed by atoms with Gasteiger partial charge in [-0.15, -0.1) is 0 Å². The van der Waals surface area contributed by atoms with Gasteiger partial charge in [0.25, 0.3) is 0 Å². The fraction of sp³-hybridized carbons (Fsp3) is 0.966. The second kappa shape index (κ2) is 24.1. The van der Waals surface area contributed by atoms with E-state index in [4.69, 9.17) is 0 Å². The Morgan fingerprint density at radius 2 is 0.806 bits per heavy atom. The molecule has 0 saturated heterocycles. The van der Waals surface area contributed by atoms with Gasteiger partial charge in [0.2, 0.25) is 0 Å². The van der Waals surface area contributed by atoms with E-state index in [0.29, 0.717) is 0 Å². The van der Waals surface area contributed by atoms with Gasteiger partial charge in [0, 0.05) is 0 Å². The average molecular weight is 439 g/mol. The summed E-state index contributed by atoms with van der Waals surface area (Å²) in [5.74, 6) is 0.185. The van der Waals surface area contributed by atoms with E-state index >= 15 is 0 Å². The predicted octanol–water partition coefficient (Wildman–Crippen LogP) is 10.3. The van der Waals surface area contributed by atoms with Crippen LogP contribution in [0.15, 0.2) is 0 Å². The molecular weight excluding hydrogens is 380 g/mol. The van der Waals surface area contributed by atoms with Crippen molar-refractivity contribution in [3.05, 3.63) is 0 Å². The lowest BCUT2D eigenvalue weighted by Crippen LogP contribution is -2.13. The molecule has 0 bridgehead atoms. The third-order valence-electron chi connectivity index (χ3n) is 6.84. The second-order valence-electron chi connectivity index (χ2n) is 10.5. The van der Waals surface area contributed by atoms with Crippen molar-refractivity contribution in [3.63, 3.8) is 0 Å². The summed E-state index contributed by atoms with van der Waals surface area (Å²) in [6.07, 6.45) is 29.7. The van der Waals surface area contributed by atoms with E-state index in [1.165, 1.54) is 122 Å². The SMILES string of the molecule is CCCCCCCCCCCCCCC(CCCCCCCCCCC(C)C)C(=O)O. The highest BCUT2D eigenvalue weighted by molar-refractivity contribution is 5.69. The number of carbonyl (C=O) groups is 1. The summed E-state index contributed by atoms with van der Waals surface area (Å²) in [6.45, 7) is 6.89. The monoisotopic (exact) mass is 438 g/mol. The second-order valence-corrected chi connectivity index (χ2v) is 10.5. The largest absolute Gasteiger partial charge is 0.481 e. The Bertz CT molecular complexity index is 364. The van der Waals surface area contributed by atoms with Gasteiger partial charge in [-0.25, -0.2) is 0 Å². The van der Waals surface area contributed by atoms with E-state index in [1.807, 2.05) is 0 Å². The Morgan fingerprint density at radius 1 is 0.516 bits per heavy atom. The number of hydrogen-bond acceptors (Lipinski definition) is 1. The summed E-state index contributed by atoms with van der Waals surface area (Å²) in [4.78, 5) is 11.5. The van der Waals surface area contributed by atoms with Crippen molar-refractivity contribution in [2.75, 3.05) is 0 Å². The zero-order chi connectivity index (χ0) is 23.0. The van der Waals surface area contributed by atoms with E-state index < -0.39 is 5.97 Å². The van der Waals surface area contributed by atoms with Crippen LogP contribution in [-0.2, 0) is 4.79 Å². The van der Waals surface area contributed by atoms with Crippen LogP contribution in [0.1, 0.15) is 168 Å². The lowest BCUT2D eigenvalue weighted by Gasteiger charge is -2.12. The summed E-state index contributed by atoms with van der Waals surface area (Å²) in [7, 11) is 0. The molecule has 31 heavy (non-hydrogen) atoms. The summed E-state index contributed by atoms with van der Waals surface area (Å²) in [5, 5.41) is 9.51. The van der Waals surface area contributed by atoms with Crippen LogP contribution in [0.2, 0.25) is 0 Å². The van der Waals surface area contributed by atoms with Crippen LogP contribution in [0.25, 0.3) is 0 Å². The van der Waals surface area contributed by atoms with Gasteiger partial charge in [-0.3, -0.25) is 4.79 Å². The highest BCUT2D eigenvalue weighted by Gasteiger charge is 2.16. The molecule has 0 amide bonds. The molecule has 0 saturated carbocycles. The Kier molecular flexibility index (Phi) is 23.7. The zero-order valence-corrected chi connectivity index (χ0v) is 21.8. The summed E-state index contributed by atoms with van der Waals surface area (Å²) >= 11 is 0. The number of carboxylic acid groups (broad SMARTS) is 1. The zero-order valence-electron chi connectivity index (χ0n) is 21.8. The first kappa shape index (κ1) is 30.5. The molecule has 186 valence electrons. The van der Waals surface area contributed by atoms with Gasteiger partial charge in [-0.2, -0.15) is 0 Å². The highest BCUT2D eigenvalue weighted by Crippen LogP contribution is 2.20. The van der Waals surface area contributed by atoms with Crippen LogP contribution in [-0.4, -0.2) is 11.1 Å². The molecule has 1 N–H and O–H groups in total. The molecule has 0 radical (unpaired) electrons.